The van der Waals surface area contributed by atoms with Crippen LogP contribution in [0.5, 0.6) is 0 Å². The van der Waals surface area contributed by atoms with E-state index in [2.05, 4.69) is 10.3 Å². The highest BCUT2D eigenvalue weighted by Gasteiger charge is 2.27. The molecule has 1 aromatic heterocycles. The molecule has 1 aromatic carbocycles. The molecule has 0 bridgehead atoms. The fraction of sp³-hybridized carbons (Fsp3) is 0.312. The van der Waals surface area contributed by atoms with Crippen molar-refractivity contribution in [1.29, 1.82) is 0 Å². The summed E-state index contributed by atoms with van der Waals surface area (Å²) in [6.07, 6.45) is 4.89. The molecule has 0 spiro atoms. The van der Waals surface area contributed by atoms with E-state index in [1.807, 2.05) is 30.3 Å². The lowest BCUT2D eigenvalue weighted by Gasteiger charge is -2.24. The van der Waals surface area contributed by atoms with Crippen molar-refractivity contribution in [2.24, 2.45) is 5.92 Å². The van der Waals surface area contributed by atoms with E-state index in [1.165, 1.54) is 7.11 Å². The van der Waals surface area contributed by atoms with Crippen molar-refractivity contribution in [3.8, 4) is 0 Å². The minimum absolute atomic E-state index is 0.150. The molecule has 0 aliphatic rings. The number of aromatic nitrogens is 2. The number of amides is 1. The predicted octanol–water partition coefficient (Wildman–Crippen LogP) is 1.55. The molecule has 0 radical (unpaired) electrons. The zero-order chi connectivity index (χ0) is 15.9. The zero-order valence-corrected chi connectivity index (χ0v) is 12.6. The third-order valence-electron chi connectivity index (χ3n) is 3.43. The predicted molar refractivity (Wildman–Crippen MR) is 80.7 cm³/mol. The van der Waals surface area contributed by atoms with E-state index in [9.17, 15) is 9.59 Å². The second kappa shape index (κ2) is 7.40. The van der Waals surface area contributed by atoms with Crippen LogP contribution in [-0.2, 0) is 20.9 Å². The van der Waals surface area contributed by atoms with Crippen molar-refractivity contribution in [3.05, 3.63) is 54.6 Å². The van der Waals surface area contributed by atoms with Crippen molar-refractivity contribution in [3.63, 3.8) is 0 Å². The fourth-order valence-electron chi connectivity index (χ4n) is 2.24. The molecular formula is C16H19N3O3. The maximum atomic E-state index is 12.2. The topological polar surface area (TPSA) is 73.2 Å². The molecular weight excluding hydrogens is 282 g/mol. The summed E-state index contributed by atoms with van der Waals surface area (Å²) in [4.78, 5) is 27.9. The van der Waals surface area contributed by atoms with Crippen LogP contribution >= 0.6 is 0 Å². The van der Waals surface area contributed by atoms with E-state index >= 15 is 0 Å². The molecule has 6 nitrogen and oxygen atoms in total. The first-order chi connectivity index (χ1) is 10.6. The number of methoxy groups -OCH3 is 1. The van der Waals surface area contributed by atoms with Gasteiger partial charge < -0.3 is 14.6 Å². The van der Waals surface area contributed by atoms with Gasteiger partial charge in [-0.1, -0.05) is 30.3 Å². The van der Waals surface area contributed by atoms with Crippen molar-refractivity contribution in [2.75, 3.05) is 7.11 Å². The molecule has 0 saturated carbocycles. The fourth-order valence-corrected chi connectivity index (χ4v) is 2.24. The van der Waals surface area contributed by atoms with Gasteiger partial charge in [-0.25, -0.2) is 4.98 Å². The van der Waals surface area contributed by atoms with Crippen molar-refractivity contribution >= 4 is 11.9 Å². The summed E-state index contributed by atoms with van der Waals surface area (Å²) >= 11 is 0. The maximum Gasteiger partial charge on any atom is 0.310 e. The molecule has 2 aromatic rings. The lowest BCUT2D eigenvalue weighted by molar-refractivity contribution is -0.146. The highest BCUT2D eigenvalue weighted by Crippen LogP contribution is 2.23. The first kappa shape index (κ1) is 15.8. The van der Waals surface area contributed by atoms with E-state index in [0.29, 0.717) is 0 Å². The number of nitrogens with zero attached hydrogens (tertiary/aromatic N) is 2. The maximum absolute atomic E-state index is 12.2. The summed E-state index contributed by atoms with van der Waals surface area (Å²) in [5.41, 5.74) is 0.861. The van der Waals surface area contributed by atoms with Crippen LogP contribution in [0.4, 0.5) is 0 Å². The Labute approximate surface area is 129 Å². The highest BCUT2D eigenvalue weighted by atomic mass is 16.5. The molecule has 0 aliphatic heterocycles. The number of ether oxygens (including phenoxy) is 1. The van der Waals surface area contributed by atoms with Crippen LogP contribution in [-0.4, -0.2) is 28.5 Å². The summed E-state index contributed by atoms with van der Waals surface area (Å²) in [6, 6.07) is 8.94. The van der Waals surface area contributed by atoms with Gasteiger partial charge in [0.25, 0.3) is 0 Å². The molecule has 0 saturated heterocycles. The van der Waals surface area contributed by atoms with Crippen LogP contribution in [0.2, 0.25) is 0 Å². The van der Waals surface area contributed by atoms with Crippen molar-refractivity contribution in [2.45, 2.75) is 19.5 Å². The lowest BCUT2D eigenvalue weighted by atomic mass is 9.94. The summed E-state index contributed by atoms with van der Waals surface area (Å²) in [5.74, 6) is -1.04. The Morgan fingerprint density at radius 1 is 1.32 bits per heavy atom. The Kier molecular flexibility index (Phi) is 5.30. The smallest absolute Gasteiger partial charge is 0.310 e. The summed E-state index contributed by atoms with van der Waals surface area (Å²) in [6.45, 7) is 1.89. The first-order valence-electron chi connectivity index (χ1n) is 6.99. The van der Waals surface area contributed by atoms with Gasteiger partial charge in [0.2, 0.25) is 5.91 Å². The standard InChI is InChI=1S/C16H19N3O3/c1-12(16(21)22-2)15(13-6-4-3-5-7-13)18-14(20)10-19-9-8-17-11-19/h3-9,11-12,15H,10H2,1-2H3,(H,18,20)/t12-,15-/m1/s1. The van der Waals surface area contributed by atoms with Crippen LogP contribution in [0.15, 0.2) is 49.1 Å². The van der Waals surface area contributed by atoms with Crippen molar-refractivity contribution in [1.82, 2.24) is 14.9 Å². The van der Waals surface area contributed by atoms with Gasteiger partial charge in [-0.15, -0.1) is 0 Å². The third kappa shape index (κ3) is 3.94. The molecule has 6 heteroatoms. The normalized spacial score (nSPS) is 13.2. The molecule has 0 fully saturated rings. The minimum Gasteiger partial charge on any atom is -0.469 e. The van der Waals surface area contributed by atoms with Gasteiger partial charge in [0.05, 0.1) is 25.4 Å². The van der Waals surface area contributed by atoms with Crippen LogP contribution in [0, 0.1) is 5.92 Å². The summed E-state index contributed by atoms with van der Waals surface area (Å²) in [5, 5.41) is 2.90. The third-order valence-corrected chi connectivity index (χ3v) is 3.43. The van der Waals surface area contributed by atoms with Crippen LogP contribution < -0.4 is 5.32 Å². The second-order valence-corrected chi connectivity index (χ2v) is 5.00. The number of benzene rings is 1. The molecule has 1 N–H and O–H groups in total. The molecule has 1 heterocycles. The molecule has 1 amide bonds. The molecule has 0 aliphatic carbocycles. The Balaban J connectivity index is 2.14. The summed E-state index contributed by atoms with van der Waals surface area (Å²) < 4.78 is 6.46. The number of rotatable bonds is 6. The Hall–Kier alpha value is -2.63. The van der Waals surface area contributed by atoms with E-state index < -0.39 is 12.0 Å². The van der Waals surface area contributed by atoms with E-state index in [-0.39, 0.29) is 18.4 Å². The number of hydrogen-bond acceptors (Lipinski definition) is 4. The lowest BCUT2D eigenvalue weighted by Crippen LogP contribution is -2.37. The Morgan fingerprint density at radius 2 is 2.05 bits per heavy atom. The van der Waals surface area contributed by atoms with Crippen LogP contribution in [0.25, 0.3) is 0 Å². The number of nitrogens with one attached hydrogen (secondary N) is 1. The highest BCUT2D eigenvalue weighted by molar-refractivity contribution is 5.78. The van der Waals surface area contributed by atoms with E-state index in [1.54, 1.807) is 30.2 Å². The molecule has 22 heavy (non-hydrogen) atoms. The van der Waals surface area contributed by atoms with Gasteiger partial charge in [0, 0.05) is 12.4 Å². The van der Waals surface area contributed by atoms with Crippen molar-refractivity contribution < 1.29 is 14.3 Å². The average Bonchev–Trinajstić information content (AvgIpc) is 3.05. The monoisotopic (exact) mass is 301 g/mol. The minimum atomic E-state index is -0.487. The van der Waals surface area contributed by atoms with Gasteiger partial charge in [-0.3, -0.25) is 9.59 Å². The largest absolute Gasteiger partial charge is 0.469 e. The molecule has 0 unspecified atom stereocenters. The van der Waals surface area contributed by atoms with E-state index in [0.717, 1.165) is 5.56 Å². The molecule has 2 rings (SSSR count). The number of imidazole rings is 1. The quantitative estimate of drug-likeness (QED) is 0.822. The molecule has 116 valence electrons. The van der Waals surface area contributed by atoms with Gasteiger partial charge >= 0.3 is 5.97 Å². The molecule has 2 atom stereocenters. The number of esters is 1. The SMILES string of the molecule is COC(=O)[C@H](C)[C@@H](NC(=O)Cn1ccnc1)c1ccccc1. The summed E-state index contributed by atoms with van der Waals surface area (Å²) in [7, 11) is 1.34. The van der Waals surface area contributed by atoms with E-state index in [4.69, 9.17) is 4.74 Å². The number of hydrogen-bond donors (Lipinski definition) is 1. The Bertz CT molecular complexity index is 611. The second-order valence-electron chi connectivity index (χ2n) is 5.00. The van der Waals surface area contributed by atoms with Gasteiger partial charge in [-0.05, 0) is 12.5 Å². The Morgan fingerprint density at radius 3 is 2.64 bits per heavy atom. The van der Waals surface area contributed by atoms with Crippen LogP contribution in [0.1, 0.15) is 18.5 Å². The first-order valence-corrected chi connectivity index (χ1v) is 6.99. The average molecular weight is 301 g/mol. The number of carbonyl (C=O) groups excluding carboxylic acids is 2. The van der Waals surface area contributed by atoms with Gasteiger partial charge in [-0.2, -0.15) is 0 Å². The van der Waals surface area contributed by atoms with Gasteiger partial charge in [0.15, 0.2) is 0 Å². The van der Waals surface area contributed by atoms with Gasteiger partial charge in [0.1, 0.15) is 6.54 Å². The zero-order valence-electron chi connectivity index (χ0n) is 12.6. The van der Waals surface area contributed by atoms with Crippen LogP contribution in [0.3, 0.4) is 0 Å². The number of carbonyl (C=O) groups is 2.